The molecule has 0 aliphatic carbocycles. The van der Waals surface area contributed by atoms with Crippen LogP contribution in [0.25, 0.3) is 132 Å². The van der Waals surface area contributed by atoms with Gasteiger partial charge in [0.05, 0.1) is 33.1 Å². The number of phenolic OH excluding ortho intramolecular Hbond substituents is 1. The summed E-state index contributed by atoms with van der Waals surface area (Å²) in [6.07, 6.45) is 11.9. The van der Waals surface area contributed by atoms with Gasteiger partial charge in [-0.3, -0.25) is 17.9 Å². The Labute approximate surface area is 568 Å². The van der Waals surface area contributed by atoms with E-state index in [0.29, 0.717) is 11.8 Å². The second kappa shape index (κ2) is 23.2. The molecule has 1 N–H and O–H groups in total. The molecule has 0 bridgehead atoms. The molecule has 0 amide bonds. The minimum Gasteiger partial charge on any atom is -0.508 e. The summed E-state index contributed by atoms with van der Waals surface area (Å²) in [4.78, 5) is 19.1. The lowest BCUT2D eigenvalue weighted by atomic mass is 9.92. The van der Waals surface area contributed by atoms with Gasteiger partial charge in [-0.1, -0.05) is 147 Å². The van der Waals surface area contributed by atoms with Crippen molar-refractivity contribution in [3.63, 3.8) is 0 Å². The number of halogens is 1. The quantitative estimate of drug-likeness (QED) is 0.152. The van der Waals surface area contributed by atoms with E-state index in [4.69, 9.17) is 14.7 Å². The third-order valence-corrected chi connectivity index (χ3v) is 20.4. The number of hydrogen-bond acceptors (Lipinski definition) is 6. The highest BCUT2D eigenvalue weighted by Gasteiger charge is 2.25. The fraction of sp³-hybridized carbons (Fsp3) is 0.116. The number of imidazole rings is 2. The summed E-state index contributed by atoms with van der Waals surface area (Å²) in [5, 5.41) is 21.8. The van der Waals surface area contributed by atoms with Gasteiger partial charge in [0.25, 0.3) is 0 Å². The zero-order valence-corrected chi connectivity index (χ0v) is 55.6. The van der Waals surface area contributed by atoms with E-state index in [0.717, 1.165) is 91.8 Å². The highest BCUT2D eigenvalue weighted by Crippen LogP contribution is 2.43. The molecule has 2 aliphatic rings. The maximum absolute atomic E-state index is 10.0. The van der Waals surface area contributed by atoms with E-state index < -0.39 is 0 Å². The summed E-state index contributed by atoms with van der Waals surface area (Å²) in [7, 11) is 0. The third kappa shape index (κ3) is 9.81. The predicted molar refractivity (Wildman–Crippen MR) is 401 cm³/mol. The van der Waals surface area contributed by atoms with Crippen molar-refractivity contribution < 1.29 is 9.84 Å². The number of benzene rings is 10. The Balaban J connectivity index is 0.000000117. The normalized spacial score (nSPS) is 12.6. The van der Waals surface area contributed by atoms with Crippen molar-refractivity contribution in [2.24, 2.45) is 0 Å². The Morgan fingerprint density at radius 2 is 0.825 bits per heavy atom. The third-order valence-electron chi connectivity index (χ3n) is 19.9. The van der Waals surface area contributed by atoms with Crippen LogP contribution >= 0.6 is 15.9 Å². The molecule has 0 spiro atoms. The lowest BCUT2D eigenvalue weighted by molar-refractivity contribution is 0.476. The number of pyridine rings is 4. The molecule has 8 aromatic heterocycles. The van der Waals surface area contributed by atoms with Crippen LogP contribution in [-0.4, -0.2) is 43.0 Å². The van der Waals surface area contributed by atoms with Crippen molar-refractivity contribution in [1.82, 2.24) is 37.9 Å². The van der Waals surface area contributed by atoms with Gasteiger partial charge in [0.2, 0.25) is 0 Å². The van der Waals surface area contributed by atoms with Crippen LogP contribution in [0.2, 0.25) is 0 Å². The number of hydrogen-bond donors (Lipinski definition) is 1. The van der Waals surface area contributed by atoms with E-state index >= 15 is 0 Å². The van der Waals surface area contributed by atoms with Crippen LogP contribution in [0.4, 0.5) is 0 Å². The highest BCUT2D eigenvalue weighted by molar-refractivity contribution is 9.10. The van der Waals surface area contributed by atoms with Crippen LogP contribution in [0, 0.1) is 0 Å². The van der Waals surface area contributed by atoms with Gasteiger partial charge in [-0.05, 0) is 214 Å². The molecule has 0 radical (unpaired) electrons. The van der Waals surface area contributed by atoms with Crippen molar-refractivity contribution >= 4 is 114 Å². The van der Waals surface area contributed by atoms with Gasteiger partial charge in [-0.25, -0.2) is 19.9 Å². The Morgan fingerprint density at radius 1 is 0.371 bits per heavy atom. The van der Waals surface area contributed by atoms with Crippen LogP contribution in [0.15, 0.2) is 260 Å². The molecule has 11 heteroatoms. The SMILES string of the molecule is CC(C)c1ccnc(-n2c3ccccc3c3ccc(Br)cc32)c1.CC(C)c1ccnc(-n2c3ccccc3c3ccc(Oc4ccc5c(c4)c4ncc6n4c4c(cc(-c7ccccc7)cc54)CC6)cc32)c1.Oc1ccc2c(c1)c1ncc3n1c1c(cc(-c4ccccc4)cc21)CC3. The molecular weight excluding hydrogens is 1260 g/mol. The molecule has 2 aliphatic heterocycles. The zero-order valence-electron chi connectivity index (χ0n) is 54.0. The zero-order chi connectivity index (χ0) is 65.2. The number of ether oxygens (including phenoxy) is 1. The van der Waals surface area contributed by atoms with Gasteiger partial charge in [0.15, 0.2) is 0 Å². The standard InChI is InChI=1S/C43H32N4O.C23H16N2O.C20H17BrN2/c1-26(2)28-18-19-44-41(22-28)47-39-11-7-6-10-35(39)36-17-15-33(24-40(36)47)48-32-14-16-34-37-21-30(27-8-4-3-5-9-27)20-29-12-13-31-25-45-43(38(34)23-32)46(31)42(29)37;26-18-8-9-19-20-11-16(14-4-2-1-3-5-14)10-15-6-7-17-13-24-23(21(19)12-18)25(17)22(15)20;1-13(2)14-9-10-22-20(11-14)23-18-6-4-3-5-16(18)17-8-7-15(21)12-19(17)23/h3-11,14-26H,12-13H2,1-2H3;1-5,8-13,26H,6-7H2;3-13H,1-2H3. The predicted octanol–water partition coefficient (Wildman–Crippen LogP) is 22.0. The molecule has 10 nitrogen and oxygen atoms in total. The largest absolute Gasteiger partial charge is 0.508 e. The number of phenols is 1. The lowest BCUT2D eigenvalue weighted by Gasteiger charge is -2.20. The number of nitrogens with zero attached hydrogens (tertiary/aromatic N) is 8. The summed E-state index contributed by atoms with van der Waals surface area (Å²) in [5.74, 6) is 4.62. The summed E-state index contributed by atoms with van der Waals surface area (Å²) >= 11 is 3.60. The van der Waals surface area contributed by atoms with Crippen molar-refractivity contribution in [1.29, 1.82) is 0 Å². The summed E-state index contributed by atoms with van der Waals surface area (Å²) in [6, 6.07) is 81.1. The fourth-order valence-electron chi connectivity index (χ4n) is 15.2. The lowest BCUT2D eigenvalue weighted by Crippen LogP contribution is -2.07. The number of aromatic hydroxyl groups is 1. The van der Waals surface area contributed by atoms with E-state index in [9.17, 15) is 5.11 Å². The molecule has 0 fully saturated rings. The smallest absolute Gasteiger partial charge is 0.145 e. The van der Waals surface area contributed by atoms with Gasteiger partial charge < -0.3 is 9.84 Å². The molecule has 10 aromatic carbocycles. The van der Waals surface area contributed by atoms with Gasteiger partial charge in [-0.15, -0.1) is 0 Å². The second-order valence-electron chi connectivity index (χ2n) is 26.4. The maximum atomic E-state index is 10.0. The van der Waals surface area contributed by atoms with Crippen LogP contribution in [0.1, 0.15) is 73.2 Å². The van der Waals surface area contributed by atoms with Crippen LogP contribution in [-0.2, 0) is 25.7 Å². The van der Waals surface area contributed by atoms with E-state index in [2.05, 4.69) is 278 Å². The Kier molecular flexibility index (Phi) is 13.9. The average Bonchev–Trinajstić information content (AvgIpc) is 1.72. The average molecular weight is 1320 g/mol. The first-order chi connectivity index (χ1) is 47.5. The molecule has 18 aromatic rings. The fourth-order valence-corrected chi connectivity index (χ4v) is 15.6. The Hall–Kier alpha value is -11.4. The Morgan fingerprint density at radius 3 is 1.36 bits per heavy atom. The van der Waals surface area contributed by atoms with Crippen molar-refractivity contribution in [2.75, 3.05) is 0 Å². The van der Waals surface area contributed by atoms with Crippen molar-refractivity contribution in [3.05, 3.63) is 293 Å². The van der Waals surface area contributed by atoms with Gasteiger partial charge in [0, 0.05) is 89.8 Å². The summed E-state index contributed by atoms with van der Waals surface area (Å²) in [5.41, 5.74) is 21.8. The van der Waals surface area contributed by atoms with Gasteiger partial charge >= 0.3 is 0 Å². The molecule has 468 valence electrons. The molecule has 0 atom stereocenters. The molecule has 10 heterocycles. The first kappa shape index (κ1) is 58.2. The maximum Gasteiger partial charge on any atom is 0.145 e. The summed E-state index contributed by atoms with van der Waals surface area (Å²) in [6.45, 7) is 8.85. The molecule has 0 saturated carbocycles. The van der Waals surface area contributed by atoms with E-state index in [-0.39, 0.29) is 5.75 Å². The second-order valence-corrected chi connectivity index (χ2v) is 27.3. The van der Waals surface area contributed by atoms with Crippen molar-refractivity contribution in [2.45, 2.75) is 65.2 Å². The van der Waals surface area contributed by atoms with Crippen LogP contribution in [0.3, 0.4) is 0 Å². The molecule has 20 rings (SSSR count). The first-order valence-electron chi connectivity index (χ1n) is 33.4. The van der Waals surface area contributed by atoms with Crippen molar-refractivity contribution in [3.8, 4) is 51.1 Å². The number of para-hydroxylation sites is 2. The number of fused-ring (bicyclic) bond motifs is 12. The minimum atomic E-state index is 0.278. The number of rotatable bonds is 8. The van der Waals surface area contributed by atoms with E-state index in [1.807, 2.05) is 43.0 Å². The van der Waals surface area contributed by atoms with Crippen LogP contribution in [0.5, 0.6) is 17.2 Å². The Bertz CT molecular complexity index is 6220. The van der Waals surface area contributed by atoms with Crippen LogP contribution < -0.4 is 4.74 Å². The molecule has 0 saturated heterocycles. The summed E-state index contributed by atoms with van der Waals surface area (Å²) < 4.78 is 16.9. The van der Waals surface area contributed by atoms with E-state index in [1.54, 1.807) is 6.07 Å². The topological polar surface area (TPSA) is 99.7 Å². The molecule has 0 unspecified atom stereocenters. The number of aromatic nitrogens is 8. The van der Waals surface area contributed by atoms with E-state index in [1.165, 1.54) is 116 Å². The highest BCUT2D eigenvalue weighted by atomic mass is 79.9. The van der Waals surface area contributed by atoms with Gasteiger partial charge in [0.1, 0.15) is 40.2 Å². The van der Waals surface area contributed by atoms with Gasteiger partial charge in [-0.2, -0.15) is 0 Å². The number of aryl methyl sites for hydroxylation is 4. The molecule has 97 heavy (non-hydrogen) atoms. The molecular formula is C86H65BrN8O2. The monoisotopic (exact) mass is 1320 g/mol. The minimum absolute atomic E-state index is 0.278. The first-order valence-corrected chi connectivity index (χ1v) is 34.2.